The molecule has 4 atom stereocenters. The van der Waals surface area contributed by atoms with Gasteiger partial charge in [0.2, 0.25) is 0 Å². The normalized spacial score (nSPS) is 32.2. The lowest BCUT2D eigenvalue weighted by Gasteiger charge is -2.17. The Bertz CT molecular complexity index is 634. The zero-order valence-electron chi connectivity index (χ0n) is 9.82. The molecule has 0 unspecified atom stereocenters. The molecule has 2 heterocycles. The summed E-state index contributed by atoms with van der Waals surface area (Å²) in [5.74, 6) is 0.00412. The summed E-state index contributed by atoms with van der Waals surface area (Å²) in [7, 11) is 0. The topological polar surface area (TPSA) is 104 Å². The number of aromatic amines is 1. The van der Waals surface area contributed by atoms with Crippen LogP contribution in [0.4, 0.5) is 0 Å². The Hall–Kier alpha value is -1.73. The molecule has 3 N–H and O–H groups in total. The number of aliphatic hydroxyl groups is 2. The molecular weight excluding hydrogens is 236 g/mol. The smallest absolute Gasteiger partial charge is 0.278 e. The molecule has 1 fully saturated rings. The fourth-order valence-electron chi connectivity index (χ4n) is 2.61. The number of rotatable bonds is 1. The molecule has 18 heavy (non-hydrogen) atoms. The maximum Gasteiger partial charge on any atom is 0.278 e. The maximum atomic E-state index is 11.5. The highest BCUT2D eigenvalue weighted by Crippen LogP contribution is 2.35. The third-order valence-electron chi connectivity index (χ3n) is 3.66. The van der Waals surface area contributed by atoms with Gasteiger partial charge in [0.1, 0.15) is 6.10 Å². The minimum atomic E-state index is -0.863. The summed E-state index contributed by atoms with van der Waals surface area (Å²) < 4.78 is 1.67. The lowest BCUT2D eigenvalue weighted by Crippen LogP contribution is -2.28. The minimum absolute atomic E-state index is 0.00412. The van der Waals surface area contributed by atoms with Crippen molar-refractivity contribution in [3.63, 3.8) is 0 Å². The first-order valence-electron chi connectivity index (χ1n) is 5.86. The Morgan fingerprint density at radius 2 is 2.17 bits per heavy atom. The van der Waals surface area contributed by atoms with Gasteiger partial charge in [-0.05, 0) is 12.3 Å². The van der Waals surface area contributed by atoms with E-state index in [2.05, 4.69) is 15.0 Å². The van der Waals surface area contributed by atoms with Crippen LogP contribution in [0.1, 0.15) is 19.4 Å². The predicted octanol–water partition coefficient (Wildman–Crippen LogP) is -0.578. The fraction of sp³-hybridized carbons (Fsp3) is 0.545. The molecule has 0 bridgehead atoms. The van der Waals surface area contributed by atoms with Crippen LogP contribution < -0.4 is 5.56 Å². The van der Waals surface area contributed by atoms with Gasteiger partial charge in [-0.25, -0.2) is 9.97 Å². The van der Waals surface area contributed by atoms with Crippen LogP contribution in [0.3, 0.4) is 0 Å². The Labute approximate surface area is 102 Å². The van der Waals surface area contributed by atoms with E-state index in [1.165, 1.54) is 12.7 Å². The minimum Gasteiger partial charge on any atom is -0.390 e. The SMILES string of the molecule is C[C@@H]1C[C@@H](n2cnc3c(=O)[nH]cnc32)[C@H](O)[C@@H]1O. The third kappa shape index (κ3) is 1.48. The van der Waals surface area contributed by atoms with Gasteiger partial charge in [-0.15, -0.1) is 0 Å². The average molecular weight is 250 g/mol. The molecule has 1 aliphatic carbocycles. The molecule has 96 valence electrons. The second kappa shape index (κ2) is 3.89. The molecule has 7 nitrogen and oxygen atoms in total. The van der Waals surface area contributed by atoms with E-state index in [9.17, 15) is 15.0 Å². The fourth-order valence-corrected chi connectivity index (χ4v) is 2.61. The highest BCUT2D eigenvalue weighted by atomic mass is 16.3. The van der Waals surface area contributed by atoms with E-state index < -0.39 is 12.2 Å². The molecule has 1 saturated carbocycles. The Kier molecular flexibility index (Phi) is 2.46. The first-order chi connectivity index (χ1) is 8.59. The Morgan fingerprint density at radius 1 is 1.39 bits per heavy atom. The van der Waals surface area contributed by atoms with Gasteiger partial charge in [0.05, 0.1) is 24.8 Å². The van der Waals surface area contributed by atoms with Crippen molar-refractivity contribution in [2.45, 2.75) is 31.6 Å². The molecule has 2 aromatic rings. The van der Waals surface area contributed by atoms with E-state index in [4.69, 9.17) is 0 Å². The van der Waals surface area contributed by atoms with Gasteiger partial charge >= 0.3 is 0 Å². The molecule has 1 aliphatic rings. The maximum absolute atomic E-state index is 11.5. The summed E-state index contributed by atoms with van der Waals surface area (Å²) in [6, 6.07) is -0.297. The number of imidazole rings is 1. The number of aromatic nitrogens is 4. The monoisotopic (exact) mass is 250 g/mol. The van der Waals surface area contributed by atoms with Crippen molar-refractivity contribution in [3.05, 3.63) is 23.0 Å². The Balaban J connectivity index is 2.11. The van der Waals surface area contributed by atoms with Crippen molar-refractivity contribution in [2.75, 3.05) is 0 Å². The van der Waals surface area contributed by atoms with E-state index in [0.717, 1.165) is 0 Å². The molecule has 3 rings (SSSR count). The van der Waals surface area contributed by atoms with Gasteiger partial charge in [-0.1, -0.05) is 6.92 Å². The highest BCUT2D eigenvalue weighted by molar-refractivity contribution is 5.69. The van der Waals surface area contributed by atoms with Gasteiger partial charge in [0.15, 0.2) is 11.2 Å². The average Bonchev–Trinajstić information content (AvgIpc) is 2.88. The Morgan fingerprint density at radius 3 is 2.83 bits per heavy atom. The van der Waals surface area contributed by atoms with Crippen LogP contribution in [-0.2, 0) is 0 Å². The number of fused-ring (bicyclic) bond motifs is 1. The van der Waals surface area contributed by atoms with Crippen molar-refractivity contribution in [1.29, 1.82) is 0 Å². The van der Waals surface area contributed by atoms with Crippen LogP contribution in [0.2, 0.25) is 0 Å². The van der Waals surface area contributed by atoms with Crippen LogP contribution in [0, 0.1) is 5.92 Å². The molecule has 0 radical (unpaired) electrons. The second-order valence-electron chi connectivity index (χ2n) is 4.82. The van der Waals surface area contributed by atoms with Crippen LogP contribution in [0.25, 0.3) is 11.2 Å². The zero-order valence-corrected chi connectivity index (χ0v) is 9.82. The largest absolute Gasteiger partial charge is 0.390 e. The molecule has 0 amide bonds. The lowest BCUT2D eigenvalue weighted by molar-refractivity contribution is 0.00964. The summed E-state index contributed by atoms with van der Waals surface area (Å²) >= 11 is 0. The predicted molar refractivity (Wildman–Crippen MR) is 63.0 cm³/mol. The number of aliphatic hydroxyl groups excluding tert-OH is 2. The molecule has 7 heteroatoms. The number of nitrogens with one attached hydrogen (secondary N) is 1. The van der Waals surface area contributed by atoms with E-state index >= 15 is 0 Å². The molecule has 0 aliphatic heterocycles. The summed E-state index contributed by atoms with van der Waals surface area (Å²) in [6.45, 7) is 1.88. The van der Waals surface area contributed by atoms with E-state index in [1.54, 1.807) is 4.57 Å². The number of hydrogen-bond acceptors (Lipinski definition) is 5. The number of H-pyrrole nitrogens is 1. The summed E-state index contributed by atoms with van der Waals surface area (Å²) in [5.41, 5.74) is 0.377. The highest BCUT2D eigenvalue weighted by Gasteiger charge is 2.40. The molecule has 0 saturated heterocycles. The van der Waals surface area contributed by atoms with Crippen molar-refractivity contribution >= 4 is 11.2 Å². The second-order valence-corrected chi connectivity index (χ2v) is 4.82. The van der Waals surface area contributed by atoms with Crippen molar-refractivity contribution in [3.8, 4) is 0 Å². The zero-order chi connectivity index (χ0) is 12.9. The molecular formula is C11H14N4O3. The van der Waals surface area contributed by atoms with Crippen molar-refractivity contribution in [2.24, 2.45) is 5.92 Å². The first kappa shape index (κ1) is 11.4. The van der Waals surface area contributed by atoms with E-state index in [0.29, 0.717) is 12.1 Å². The van der Waals surface area contributed by atoms with Crippen LogP contribution in [-0.4, -0.2) is 41.9 Å². The van der Waals surface area contributed by atoms with E-state index in [-0.39, 0.29) is 23.0 Å². The quantitative estimate of drug-likeness (QED) is 0.628. The first-order valence-corrected chi connectivity index (χ1v) is 5.86. The summed E-state index contributed by atoms with van der Waals surface area (Å²) in [4.78, 5) is 22.1. The number of hydrogen-bond donors (Lipinski definition) is 3. The van der Waals surface area contributed by atoms with Gasteiger partial charge in [-0.2, -0.15) is 0 Å². The van der Waals surface area contributed by atoms with Crippen LogP contribution in [0.5, 0.6) is 0 Å². The van der Waals surface area contributed by atoms with Gasteiger partial charge in [0.25, 0.3) is 5.56 Å². The molecule has 0 spiro atoms. The van der Waals surface area contributed by atoms with Crippen molar-refractivity contribution in [1.82, 2.24) is 19.5 Å². The third-order valence-corrected chi connectivity index (χ3v) is 3.66. The van der Waals surface area contributed by atoms with Crippen molar-refractivity contribution < 1.29 is 10.2 Å². The van der Waals surface area contributed by atoms with Crippen LogP contribution >= 0.6 is 0 Å². The number of nitrogens with zero attached hydrogens (tertiary/aromatic N) is 3. The van der Waals surface area contributed by atoms with Gasteiger partial charge in [0, 0.05) is 0 Å². The molecule has 0 aromatic carbocycles. The lowest BCUT2D eigenvalue weighted by atomic mass is 10.1. The van der Waals surface area contributed by atoms with Crippen LogP contribution in [0.15, 0.2) is 17.4 Å². The van der Waals surface area contributed by atoms with E-state index in [1.807, 2.05) is 6.92 Å². The van der Waals surface area contributed by atoms with Gasteiger partial charge in [-0.3, -0.25) is 4.79 Å². The summed E-state index contributed by atoms with van der Waals surface area (Å²) in [6.07, 6.45) is 1.81. The standard InChI is InChI=1S/C11H14N4O3/c1-5-2-6(9(17)8(5)16)15-4-14-7-10(15)12-3-13-11(7)18/h3-6,8-9,16-17H,2H2,1H3,(H,12,13,18)/t5-,6-,8-,9+/m1/s1. The summed E-state index contributed by atoms with van der Waals surface area (Å²) in [5, 5.41) is 19.8. The molecule has 2 aromatic heterocycles. The van der Waals surface area contributed by atoms with Gasteiger partial charge < -0.3 is 19.8 Å².